The van der Waals surface area contributed by atoms with Gasteiger partial charge in [0.05, 0.1) is 10.6 Å². The van der Waals surface area contributed by atoms with Gasteiger partial charge >= 0.3 is 0 Å². The quantitative estimate of drug-likeness (QED) is 0.887. The Kier molecular flexibility index (Phi) is 4.07. The highest BCUT2D eigenvalue weighted by Crippen LogP contribution is 2.28. The third-order valence-electron chi connectivity index (χ3n) is 3.36. The molecule has 0 heterocycles. The van der Waals surface area contributed by atoms with Crippen LogP contribution in [0.15, 0.2) is 23.1 Å². The van der Waals surface area contributed by atoms with Gasteiger partial charge in [-0.25, -0.2) is 8.42 Å². The third-order valence-corrected chi connectivity index (χ3v) is 5.16. The Morgan fingerprint density at radius 2 is 2.06 bits per heavy atom. The Bertz CT molecular complexity index is 521. The van der Waals surface area contributed by atoms with Crippen LogP contribution in [0.5, 0.6) is 0 Å². The standard InChI is InChI=1S/C14H21NO2S/c1-11(2)15-9-10-18(16,17)14-8-4-6-12-5-3-7-13(12)14/h4,6,8,11,15H,3,5,7,9-10H2,1-2H3. The van der Waals surface area contributed by atoms with Crippen molar-refractivity contribution in [3.8, 4) is 0 Å². The van der Waals surface area contributed by atoms with Crippen LogP contribution in [0.3, 0.4) is 0 Å². The van der Waals surface area contributed by atoms with Crippen molar-refractivity contribution in [2.45, 2.75) is 44.0 Å². The van der Waals surface area contributed by atoms with Crippen LogP contribution < -0.4 is 5.32 Å². The van der Waals surface area contributed by atoms with E-state index in [0.29, 0.717) is 17.5 Å². The summed E-state index contributed by atoms with van der Waals surface area (Å²) >= 11 is 0. The number of sulfone groups is 1. The number of hydrogen-bond acceptors (Lipinski definition) is 3. The van der Waals surface area contributed by atoms with Crippen LogP contribution in [0.1, 0.15) is 31.4 Å². The van der Waals surface area contributed by atoms with Crippen molar-refractivity contribution in [2.75, 3.05) is 12.3 Å². The minimum Gasteiger partial charge on any atom is -0.314 e. The number of fused-ring (bicyclic) bond motifs is 1. The molecule has 0 unspecified atom stereocenters. The van der Waals surface area contributed by atoms with Crippen molar-refractivity contribution in [1.82, 2.24) is 5.32 Å². The minimum absolute atomic E-state index is 0.182. The van der Waals surface area contributed by atoms with Gasteiger partial charge in [0, 0.05) is 12.6 Å². The van der Waals surface area contributed by atoms with E-state index in [-0.39, 0.29) is 5.75 Å². The van der Waals surface area contributed by atoms with Crippen LogP contribution in [0, 0.1) is 0 Å². The first-order valence-corrected chi connectivity index (χ1v) is 8.23. The van der Waals surface area contributed by atoms with Crippen molar-refractivity contribution < 1.29 is 8.42 Å². The average Bonchev–Trinajstić information content (AvgIpc) is 2.75. The fraction of sp³-hybridized carbons (Fsp3) is 0.571. The van der Waals surface area contributed by atoms with Gasteiger partial charge in [-0.2, -0.15) is 0 Å². The fourth-order valence-electron chi connectivity index (χ4n) is 2.47. The zero-order chi connectivity index (χ0) is 13.2. The van der Waals surface area contributed by atoms with E-state index in [1.54, 1.807) is 6.07 Å². The number of benzene rings is 1. The number of hydrogen-bond donors (Lipinski definition) is 1. The van der Waals surface area contributed by atoms with Gasteiger partial charge in [0.1, 0.15) is 0 Å². The first-order chi connectivity index (χ1) is 8.50. The Morgan fingerprint density at radius 3 is 2.78 bits per heavy atom. The summed E-state index contributed by atoms with van der Waals surface area (Å²) in [7, 11) is -3.14. The topological polar surface area (TPSA) is 46.2 Å². The lowest BCUT2D eigenvalue weighted by Gasteiger charge is -2.11. The van der Waals surface area contributed by atoms with Gasteiger partial charge in [0.15, 0.2) is 9.84 Å². The zero-order valence-corrected chi connectivity index (χ0v) is 11.9. The maximum absolute atomic E-state index is 12.3. The first kappa shape index (κ1) is 13.6. The molecule has 0 aromatic heterocycles. The highest BCUT2D eigenvalue weighted by molar-refractivity contribution is 7.91. The van der Waals surface area contributed by atoms with Crippen molar-refractivity contribution in [1.29, 1.82) is 0 Å². The van der Waals surface area contributed by atoms with Gasteiger partial charge in [-0.15, -0.1) is 0 Å². The van der Waals surface area contributed by atoms with Gasteiger partial charge in [0.2, 0.25) is 0 Å². The maximum atomic E-state index is 12.3. The molecule has 2 rings (SSSR count). The summed E-state index contributed by atoms with van der Waals surface area (Å²) in [6.07, 6.45) is 3.00. The number of aryl methyl sites for hydroxylation is 1. The molecule has 0 amide bonds. The van der Waals surface area contributed by atoms with E-state index >= 15 is 0 Å². The average molecular weight is 267 g/mol. The Labute approximate surface area is 110 Å². The first-order valence-electron chi connectivity index (χ1n) is 6.57. The van der Waals surface area contributed by atoms with Gasteiger partial charge in [-0.3, -0.25) is 0 Å². The van der Waals surface area contributed by atoms with Gasteiger partial charge < -0.3 is 5.32 Å². The van der Waals surface area contributed by atoms with Crippen LogP contribution in [0.4, 0.5) is 0 Å². The molecule has 0 fully saturated rings. The summed E-state index contributed by atoms with van der Waals surface area (Å²) in [5, 5.41) is 3.16. The molecule has 0 radical (unpaired) electrons. The van der Waals surface area contributed by atoms with E-state index in [1.165, 1.54) is 5.56 Å². The summed E-state index contributed by atoms with van der Waals surface area (Å²) in [6, 6.07) is 6.00. The molecule has 1 N–H and O–H groups in total. The summed E-state index contributed by atoms with van der Waals surface area (Å²) in [4.78, 5) is 0.558. The monoisotopic (exact) mass is 267 g/mol. The molecule has 0 spiro atoms. The smallest absolute Gasteiger partial charge is 0.179 e. The van der Waals surface area contributed by atoms with E-state index in [0.717, 1.165) is 24.8 Å². The normalized spacial score (nSPS) is 15.1. The van der Waals surface area contributed by atoms with Crippen molar-refractivity contribution in [2.24, 2.45) is 0 Å². The molecule has 0 aliphatic heterocycles. The van der Waals surface area contributed by atoms with E-state index in [1.807, 2.05) is 26.0 Å². The number of nitrogens with one attached hydrogen (secondary N) is 1. The lowest BCUT2D eigenvalue weighted by atomic mass is 10.1. The summed E-state index contributed by atoms with van der Waals surface area (Å²) in [5.74, 6) is 0.182. The number of rotatable bonds is 5. The fourth-order valence-corrected chi connectivity index (χ4v) is 3.97. The summed E-state index contributed by atoms with van der Waals surface area (Å²) in [6.45, 7) is 4.56. The molecule has 0 saturated carbocycles. The van der Waals surface area contributed by atoms with Crippen LogP contribution in [-0.2, 0) is 22.7 Å². The lowest BCUT2D eigenvalue weighted by Crippen LogP contribution is -2.29. The lowest BCUT2D eigenvalue weighted by molar-refractivity contribution is 0.577. The highest BCUT2D eigenvalue weighted by Gasteiger charge is 2.22. The van der Waals surface area contributed by atoms with Crippen molar-refractivity contribution in [3.05, 3.63) is 29.3 Å². The third kappa shape index (κ3) is 2.93. The van der Waals surface area contributed by atoms with Crippen LogP contribution >= 0.6 is 0 Å². The van der Waals surface area contributed by atoms with Gasteiger partial charge in [-0.1, -0.05) is 26.0 Å². The molecule has 0 atom stereocenters. The molecule has 1 aliphatic rings. The zero-order valence-electron chi connectivity index (χ0n) is 11.1. The summed E-state index contributed by atoms with van der Waals surface area (Å²) in [5.41, 5.74) is 2.27. The second kappa shape index (κ2) is 5.41. The molecular weight excluding hydrogens is 246 g/mol. The Hall–Kier alpha value is -0.870. The minimum atomic E-state index is -3.14. The van der Waals surface area contributed by atoms with Gasteiger partial charge in [-0.05, 0) is 36.5 Å². The van der Waals surface area contributed by atoms with Crippen LogP contribution in [-0.4, -0.2) is 26.8 Å². The molecule has 3 nitrogen and oxygen atoms in total. The SMILES string of the molecule is CC(C)NCCS(=O)(=O)c1cccc2c1CCC2. The second-order valence-corrected chi connectivity index (χ2v) is 7.25. The molecule has 1 aliphatic carbocycles. The highest BCUT2D eigenvalue weighted by atomic mass is 32.2. The summed E-state index contributed by atoms with van der Waals surface area (Å²) < 4.78 is 24.7. The van der Waals surface area contributed by atoms with Crippen LogP contribution in [0.25, 0.3) is 0 Å². The molecule has 18 heavy (non-hydrogen) atoms. The molecule has 100 valence electrons. The largest absolute Gasteiger partial charge is 0.314 e. The van der Waals surface area contributed by atoms with E-state index in [4.69, 9.17) is 0 Å². The van der Waals surface area contributed by atoms with Crippen molar-refractivity contribution >= 4 is 9.84 Å². The predicted molar refractivity (Wildman–Crippen MR) is 73.7 cm³/mol. The maximum Gasteiger partial charge on any atom is 0.179 e. The van der Waals surface area contributed by atoms with Crippen LogP contribution in [0.2, 0.25) is 0 Å². The van der Waals surface area contributed by atoms with E-state index in [2.05, 4.69) is 5.32 Å². The second-order valence-electron chi connectivity index (χ2n) is 5.18. The predicted octanol–water partition coefficient (Wildman–Crippen LogP) is 1.95. The van der Waals surface area contributed by atoms with Crippen molar-refractivity contribution in [3.63, 3.8) is 0 Å². The molecule has 4 heteroatoms. The molecule has 0 bridgehead atoms. The Balaban J connectivity index is 2.18. The molecule has 1 aromatic rings. The van der Waals surface area contributed by atoms with Gasteiger partial charge in [0.25, 0.3) is 0 Å². The molecule has 0 saturated heterocycles. The Morgan fingerprint density at radius 1 is 1.28 bits per heavy atom. The molecule has 1 aromatic carbocycles. The molecular formula is C14H21NO2S. The van der Waals surface area contributed by atoms with E-state index in [9.17, 15) is 8.42 Å². The van der Waals surface area contributed by atoms with E-state index < -0.39 is 9.84 Å².